The van der Waals surface area contributed by atoms with Crippen LogP contribution in [0.1, 0.15) is 59.9 Å². The number of hydrogen-bond donors (Lipinski definition) is 0. The van der Waals surface area contributed by atoms with Crippen LogP contribution in [0.3, 0.4) is 0 Å². The second-order valence-corrected chi connectivity index (χ2v) is 16.0. The first kappa shape index (κ1) is 24.1. The third-order valence-corrected chi connectivity index (χ3v) is 10.7. The molecule has 1 aromatic carbocycles. The summed E-state index contributed by atoms with van der Waals surface area (Å²) in [5, 5.41) is 0.114. The molecule has 0 saturated heterocycles. The number of hydrogen-bond acceptors (Lipinski definition) is 2. The van der Waals surface area contributed by atoms with Gasteiger partial charge in [-0.15, -0.1) is 0 Å². The Morgan fingerprint density at radius 2 is 1.59 bits per heavy atom. The van der Waals surface area contributed by atoms with Crippen LogP contribution in [0.15, 0.2) is 22.6 Å². The van der Waals surface area contributed by atoms with Crippen molar-refractivity contribution in [2.24, 2.45) is 4.40 Å². The predicted octanol–water partition coefficient (Wildman–Crippen LogP) is 6.02. The van der Waals surface area contributed by atoms with E-state index in [4.69, 9.17) is 4.43 Å². The SMILES string of the molecule is CC(C)(C)[S@@](=O)N=C(CCCO[Si](C)(C)C(C)(C)C)c1cc(F)cc(F)c1. The molecule has 1 aromatic rings. The lowest BCUT2D eigenvalue weighted by molar-refractivity contribution is 0.285. The summed E-state index contributed by atoms with van der Waals surface area (Å²) in [7, 11) is -3.36. The molecular weight excluding hydrogens is 384 g/mol. The first-order chi connectivity index (χ1) is 12.1. The van der Waals surface area contributed by atoms with E-state index in [1.165, 1.54) is 12.1 Å². The minimum atomic E-state index is -1.86. The van der Waals surface area contributed by atoms with Gasteiger partial charge in [-0.1, -0.05) is 20.8 Å². The van der Waals surface area contributed by atoms with Crippen molar-refractivity contribution in [1.29, 1.82) is 0 Å². The monoisotopic (exact) mass is 417 g/mol. The molecule has 0 saturated carbocycles. The normalized spacial score (nSPS) is 15.1. The van der Waals surface area contributed by atoms with Crippen LogP contribution in [0, 0.1) is 11.6 Å². The molecule has 154 valence electrons. The van der Waals surface area contributed by atoms with Gasteiger partial charge in [0.05, 0.1) is 10.5 Å². The lowest BCUT2D eigenvalue weighted by Crippen LogP contribution is -2.41. The second kappa shape index (κ2) is 9.05. The van der Waals surface area contributed by atoms with Crippen LogP contribution < -0.4 is 0 Å². The van der Waals surface area contributed by atoms with Gasteiger partial charge in [0.25, 0.3) is 0 Å². The molecule has 0 aliphatic heterocycles. The average Bonchev–Trinajstić information content (AvgIpc) is 2.46. The molecule has 7 heteroatoms. The number of benzene rings is 1. The van der Waals surface area contributed by atoms with E-state index in [2.05, 4.69) is 38.3 Å². The summed E-state index contributed by atoms with van der Waals surface area (Å²) in [6, 6.07) is 3.29. The molecule has 0 heterocycles. The average molecular weight is 418 g/mol. The van der Waals surface area contributed by atoms with Gasteiger partial charge in [0.2, 0.25) is 0 Å². The fraction of sp³-hybridized carbons (Fsp3) is 0.650. The maximum Gasteiger partial charge on any atom is 0.191 e. The summed E-state index contributed by atoms with van der Waals surface area (Å²) in [4.78, 5) is 0. The van der Waals surface area contributed by atoms with Crippen molar-refractivity contribution in [3.63, 3.8) is 0 Å². The first-order valence-electron chi connectivity index (χ1n) is 9.23. The van der Waals surface area contributed by atoms with Crippen LogP contribution in [0.5, 0.6) is 0 Å². The highest BCUT2D eigenvalue weighted by atomic mass is 32.2. The van der Waals surface area contributed by atoms with Crippen molar-refractivity contribution in [3.8, 4) is 0 Å². The molecule has 0 aromatic heterocycles. The fourth-order valence-corrected chi connectivity index (χ4v) is 3.74. The van der Waals surface area contributed by atoms with E-state index in [1.54, 1.807) is 0 Å². The Labute approximate surface area is 166 Å². The third kappa shape index (κ3) is 7.54. The zero-order valence-electron chi connectivity index (χ0n) is 17.8. The third-order valence-electron chi connectivity index (χ3n) is 4.74. The maximum atomic E-state index is 13.6. The summed E-state index contributed by atoms with van der Waals surface area (Å²) in [5.41, 5.74) is 0.776. The number of nitrogens with zero attached hydrogens (tertiary/aromatic N) is 1. The van der Waals surface area contributed by atoms with E-state index in [-0.39, 0.29) is 5.04 Å². The largest absolute Gasteiger partial charge is 0.417 e. The molecule has 1 atom stereocenters. The Balaban J connectivity index is 2.97. The van der Waals surface area contributed by atoms with Gasteiger partial charge in [0.15, 0.2) is 8.32 Å². The first-order valence-corrected chi connectivity index (χ1v) is 13.2. The number of halogens is 2. The predicted molar refractivity (Wildman–Crippen MR) is 113 cm³/mol. The smallest absolute Gasteiger partial charge is 0.191 e. The van der Waals surface area contributed by atoms with Crippen molar-refractivity contribution in [3.05, 3.63) is 35.4 Å². The van der Waals surface area contributed by atoms with Crippen molar-refractivity contribution < 1.29 is 17.4 Å². The van der Waals surface area contributed by atoms with Crippen LogP contribution in [-0.2, 0) is 15.4 Å². The van der Waals surface area contributed by atoms with Crippen LogP contribution in [0.4, 0.5) is 8.78 Å². The molecule has 0 fully saturated rings. The zero-order chi connectivity index (χ0) is 21.0. The van der Waals surface area contributed by atoms with Crippen LogP contribution in [0.25, 0.3) is 0 Å². The maximum absolute atomic E-state index is 13.6. The lowest BCUT2D eigenvalue weighted by Gasteiger charge is -2.36. The lowest BCUT2D eigenvalue weighted by atomic mass is 10.1. The van der Waals surface area contributed by atoms with E-state index in [9.17, 15) is 13.0 Å². The molecule has 0 aliphatic carbocycles. The minimum Gasteiger partial charge on any atom is -0.417 e. The summed E-state index contributed by atoms with van der Waals surface area (Å²) in [6.07, 6.45) is 1.09. The minimum absolute atomic E-state index is 0.114. The Kier molecular flexibility index (Phi) is 8.08. The van der Waals surface area contributed by atoms with E-state index in [0.717, 1.165) is 6.07 Å². The van der Waals surface area contributed by atoms with Crippen LogP contribution in [0.2, 0.25) is 18.1 Å². The van der Waals surface area contributed by atoms with Crippen molar-refractivity contribution in [2.75, 3.05) is 6.61 Å². The van der Waals surface area contributed by atoms with Gasteiger partial charge in [0, 0.05) is 18.2 Å². The van der Waals surface area contributed by atoms with Gasteiger partial charge >= 0.3 is 0 Å². The molecule has 3 nitrogen and oxygen atoms in total. The standard InChI is InChI=1S/C20H33F2NO2SSi/c1-19(2,3)26(24)23-18(15-12-16(21)14-17(22)13-15)10-9-11-25-27(7,8)20(4,5)6/h12-14H,9-11H2,1-8H3/t26-/m1/s1. The van der Waals surface area contributed by atoms with Gasteiger partial charge in [0.1, 0.15) is 22.6 Å². The highest BCUT2D eigenvalue weighted by molar-refractivity contribution is 7.85. The van der Waals surface area contributed by atoms with E-state index < -0.39 is 35.7 Å². The van der Waals surface area contributed by atoms with Gasteiger partial charge in [-0.3, -0.25) is 0 Å². The Morgan fingerprint density at radius 3 is 2.04 bits per heavy atom. The second-order valence-electron chi connectivity index (χ2n) is 9.27. The quantitative estimate of drug-likeness (QED) is 0.309. The van der Waals surface area contributed by atoms with Gasteiger partial charge in [-0.05, 0) is 63.9 Å². The summed E-state index contributed by atoms with van der Waals surface area (Å²) in [6.45, 7) is 16.9. The van der Waals surface area contributed by atoms with Gasteiger partial charge in [-0.2, -0.15) is 4.40 Å². The summed E-state index contributed by atoms with van der Waals surface area (Å²) in [5.74, 6) is -1.34. The van der Waals surface area contributed by atoms with Crippen molar-refractivity contribution >= 4 is 25.0 Å². The van der Waals surface area contributed by atoms with Crippen molar-refractivity contribution in [1.82, 2.24) is 0 Å². The topological polar surface area (TPSA) is 38.7 Å². The molecule has 0 N–H and O–H groups in total. The molecule has 0 aliphatic rings. The van der Waals surface area contributed by atoms with Gasteiger partial charge in [-0.25, -0.2) is 13.0 Å². The molecular formula is C20H33F2NO2SSi. The molecule has 0 radical (unpaired) electrons. The van der Waals surface area contributed by atoms with Gasteiger partial charge < -0.3 is 4.43 Å². The summed E-state index contributed by atoms with van der Waals surface area (Å²) >= 11 is 0. The molecule has 0 unspecified atom stereocenters. The summed E-state index contributed by atoms with van der Waals surface area (Å²) < 4.78 is 49.7. The van der Waals surface area contributed by atoms with E-state index in [1.807, 2.05) is 20.8 Å². The Bertz CT molecular complexity index is 687. The number of rotatable bonds is 7. The Morgan fingerprint density at radius 1 is 1.07 bits per heavy atom. The van der Waals surface area contributed by atoms with Crippen molar-refractivity contribution in [2.45, 2.75) is 77.3 Å². The van der Waals surface area contributed by atoms with E-state index in [0.29, 0.717) is 30.7 Å². The molecule has 0 amide bonds. The molecule has 1 rings (SSSR count). The zero-order valence-corrected chi connectivity index (χ0v) is 19.6. The molecule has 27 heavy (non-hydrogen) atoms. The molecule has 0 spiro atoms. The Hall–Kier alpha value is -0.923. The fourth-order valence-electron chi connectivity index (χ4n) is 1.98. The van der Waals surface area contributed by atoms with E-state index >= 15 is 0 Å². The highest BCUT2D eigenvalue weighted by Crippen LogP contribution is 2.36. The molecule has 0 bridgehead atoms. The van der Waals surface area contributed by atoms with Crippen LogP contribution >= 0.6 is 0 Å². The van der Waals surface area contributed by atoms with Crippen LogP contribution in [-0.4, -0.2) is 29.6 Å². The highest BCUT2D eigenvalue weighted by Gasteiger charge is 2.36.